The predicted molar refractivity (Wildman–Crippen MR) is 85.4 cm³/mol. The van der Waals surface area contributed by atoms with Crippen molar-refractivity contribution in [3.05, 3.63) is 29.8 Å². The summed E-state index contributed by atoms with van der Waals surface area (Å²) < 4.78 is 11.0. The number of hydrogen-bond donors (Lipinski definition) is 0. The van der Waals surface area contributed by atoms with Crippen molar-refractivity contribution >= 4 is 11.9 Å². The zero-order valence-electron chi connectivity index (χ0n) is 13.3. The molecule has 5 heteroatoms. The van der Waals surface area contributed by atoms with E-state index in [1.165, 1.54) is 12.8 Å². The minimum atomic E-state index is -0.468. The predicted octanol–water partition coefficient (Wildman–Crippen LogP) is 2.79. The molecule has 23 heavy (non-hydrogen) atoms. The highest BCUT2D eigenvalue weighted by atomic mass is 16.5. The Morgan fingerprint density at radius 2 is 1.65 bits per heavy atom. The highest BCUT2D eigenvalue weighted by Crippen LogP contribution is 2.24. The molecule has 1 saturated heterocycles. The molecule has 1 heterocycles. The van der Waals surface area contributed by atoms with Gasteiger partial charge >= 0.3 is 5.97 Å². The first-order chi connectivity index (χ1) is 11.2. The van der Waals surface area contributed by atoms with Crippen molar-refractivity contribution in [3.63, 3.8) is 0 Å². The van der Waals surface area contributed by atoms with E-state index in [2.05, 4.69) is 0 Å². The van der Waals surface area contributed by atoms with Gasteiger partial charge in [-0.05, 0) is 62.8 Å². The van der Waals surface area contributed by atoms with E-state index < -0.39 is 5.97 Å². The minimum Gasteiger partial charge on any atom is -0.490 e. The largest absolute Gasteiger partial charge is 0.490 e. The number of amides is 1. The number of esters is 1. The average molecular weight is 317 g/mol. The summed E-state index contributed by atoms with van der Waals surface area (Å²) in [6, 6.07) is 6.95. The highest BCUT2D eigenvalue weighted by molar-refractivity contribution is 5.91. The molecule has 0 bridgehead atoms. The van der Waals surface area contributed by atoms with Crippen molar-refractivity contribution in [2.75, 3.05) is 19.7 Å². The smallest absolute Gasteiger partial charge is 0.338 e. The van der Waals surface area contributed by atoms with Gasteiger partial charge in [0.2, 0.25) is 0 Å². The van der Waals surface area contributed by atoms with Crippen molar-refractivity contribution in [2.24, 2.45) is 0 Å². The van der Waals surface area contributed by atoms with Gasteiger partial charge in [-0.25, -0.2) is 4.79 Å². The van der Waals surface area contributed by atoms with Crippen LogP contribution in [0.1, 0.15) is 48.9 Å². The zero-order chi connectivity index (χ0) is 16.1. The summed E-state index contributed by atoms with van der Waals surface area (Å²) in [5.74, 6) is 0.198. The Morgan fingerprint density at radius 1 is 1.00 bits per heavy atom. The van der Waals surface area contributed by atoms with Crippen LogP contribution in [0.2, 0.25) is 0 Å². The summed E-state index contributed by atoms with van der Waals surface area (Å²) in [5, 5.41) is 0. The molecule has 1 amide bonds. The van der Waals surface area contributed by atoms with E-state index in [0.717, 1.165) is 44.5 Å². The van der Waals surface area contributed by atoms with E-state index in [-0.39, 0.29) is 12.5 Å². The van der Waals surface area contributed by atoms with Gasteiger partial charge in [0, 0.05) is 13.1 Å². The lowest BCUT2D eigenvalue weighted by molar-refractivity contribution is -0.133. The Balaban J connectivity index is 1.47. The fourth-order valence-electron chi connectivity index (χ4n) is 3.14. The third kappa shape index (κ3) is 4.24. The van der Waals surface area contributed by atoms with Crippen LogP contribution in [0.25, 0.3) is 0 Å². The van der Waals surface area contributed by atoms with Gasteiger partial charge in [-0.3, -0.25) is 4.79 Å². The average Bonchev–Trinajstić information content (AvgIpc) is 3.26. The molecule has 1 aromatic rings. The summed E-state index contributed by atoms with van der Waals surface area (Å²) in [6.45, 7) is 1.35. The minimum absolute atomic E-state index is 0.114. The molecular formula is C18H23NO4. The first-order valence-corrected chi connectivity index (χ1v) is 8.44. The maximum absolute atomic E-state index is 12.0. The van der Waals surface area contributed by atoms with Crippen LogP contribution in [-0.2, 0) is 9.53 Å². The lowest BCUT2D eigenvalue weighted by Gasteiger charge is -2.15. The second kappa shape index (κ2) is 7.49. The van der Waals surface area contributed by atoms with E-state index in [4.69, 9.17) is 9.47 Å². The SMILES string of the molecule is O=C(OCC(=O)N1CCCC1)c1ccc(OC2CCCC2)cc1. The summed E-state index contributed by atoms with van der Waals surface area (Å²) in [5.41, 5.74) is 0.443. The van der Waals surface area contributed by atoms with Crippen molar-refractivity contribution < 1.29 is 19.1 Å². The molecule has 0 N–H and O–H groups in total. The molecule has 0 atom stereocenters. The van der Waals surface area contributed by atoms with Gasteiger partial charge in [-0.1, -0.05) is 0 Å². The Labute approximate surface area is 136 Å². The maximum Gasteiger partial charge on any atom is 0.338 e. The first kappa shape index (κ1) is 15.8. The molecule has 0 aromatic heterocycles. The molecular weight excluding hydrogens is 294 g/mol. The lowest BCUT2D eigenvalue weighted by Crippen LogP contribution is -2.32. The van der Waals surface area contributed by atoms with Crippen LogP contribution >= 0.6 is 0 Å². The topological polar surface area (TPSA) is 55.8 Å². The van der Waals surface area contributed by atoms with Gasteiger partial charge in [0.05, 0.1) is 11.7 Å². The van der Waals surface area contributed by atoms with Crippen molar-refractivity contribution in [1.29, 1.82) is 0 Å². The molecule has 0 spiro atoms. The molecule has 2 aliphatic rings. The molecule has 1 aromatic carbocycles. The van der Waals surface area contributed by atoms with Crippen LogP contribution < -0.4 is 4.74 Å². The quantitative estimate of drug-likeness (QED) is 0.784. The Kier molecular flexibility index (Phi) is 5.16. The Hall–Kier alpha value is -2.04. The molecule has 124 valence electrons. The van der Waals surface area contributed by atoms with Crippen LogP contribution in [0.15, 0.2) is 24.3 Å². The van der Waals surface area contributed by atoms with Crippen molar-refractivity contribution in [3.8, 4) is 5.75 Å². The highest BCUT2D eigenvalue weighted by Gasteiger charge is 2.20. The number of hydrogen-bond acceptors (Lipinski definition) is 4. The number of ether oxygens (including phenoxy) is 2. The molecule has 5 nitrogen and oxygen atoms in total. The number of likely N-dealkylation sites (tertiary alicyclic amines) is 1. The first-order valence-electron chi connectivity index (χ1n) is 8.44. The molecule has 2 fully saturated rings. The van der Waals surface area contributed by atoms with E-state index >= 15 is 0 Å². The fraction of sp³-hybridized carbons (Fsp3) is 0.556. The van der Waals surface area contributed by atoms with Gasteiger partial charge in [-0.15, -0.1) is 0 Å². The summed E-state index contributed by atoms with van der Waals surface area (Å²) in [7, 11) is 0. The Bertz CT molecular complexity index is 543. The van der Waals surface area contributed by atoms with Gasteiger partial charge < -0.3 is 14.4 Å². The number of benzene rings is 1. The number of carbonyl (C=O) groups is 2. The number of carbonyl (C=O) groups excluding carboxylic acids is 2. The van der Waals surface area contributed by atoms with Gasteiger partial charge in [0.1, 0.15) is 5.75 Å². The summed E-state index contributed by atoms with van der Waals surface area (Å²) in [4.78, 5) is 25.6. The van der Waals surface area contributed by atoms with Crippen molar-refractivity contribution in [1.82, 2.24) is 4.90 Å². The molecule has 3 rings (SSSR count). The summed E-state index contributed by atoms with van der Waals surface area (Å²) >= 11 is 0. The van der Waals surface area contributed by atoms with E-state index in [1.54, 1.807) is 29.2 Å². The molecule has 1 aliphatic carbocycles. The third-order valence-electron chi connectivity index (χ3n) is 4.48. The fourth-order valence-corrected chi connectivity index (χ4v) is 3.14. The standard InChI is InChI=1S/C18H23NO4/c20-17(19-11-3-4-12-19)13-22-18(21)14-7-9-16(10-8-14)23-15-5-1-2-6-15/h7-10,15H,1-6,11-13H2. The van der Waals surface area contributed by atoms with Crippen LogP contribution in [0, 0.1) is 0 Å². The molecule has 0 radical (unpaired) electrons. The normalized spacial score (nSPS) is 18.2. The van der Waals surface area contributed by atoms with Gasteiger partial charge in [-0.2, -0.15) is 0 Å². The third-order valence-corrected chi connectivity index (χ3v) is 4.48. The molecule has 0 unspecified atom stereocenters. The van der Waals surface area contributed by atoms with Crippen molar-refractivity contribution in [2.45, 2.75) is 44.6 Å². The molecule has 1 aliphatic heterocycles. The Morgan fingerprint density at radius 3 is 2.30 bits per heavy atom. The monoisotopic (exact) mass is 317 g/mol. The lowest BCUT2D eigenvalue weighted by atomic mass is 10.2. The van der Waals surface area contributed by atoms with E-state index in [9.17, 15) is 9.59 Å². The molecule has 1 saturated carbocycles. The van der Waals surface area contributed by atoms with Crippen LogP contribution in [0.4, 0.5) is 0 Å². The van der Waals surface area contributed by atoms with Gasteiger partial charge in [0.15, 0.2) is 6.61 Å². The van der Waals surface area contributed by atoms with Crippen LogP contribution in [0.3, 0.4) is 0 Å². The van der Waals surface area contributed by atoms with E-state index in [1.807, 2.05) is 0 Å². The maximum atomic E-state index is 12.0. The zero-order valence-corrected chi connectivity index (χ0v) is 13.3. The number of nitrogens with zero attached hydrogens (tertiary/aromatic N) is 1. The van der Waals surface area contributed by atoms with Crippen LogP contribution in [-0.4, -0.2) is 42.6 Å². The summed E-state index contributed by atoms with van der Waals surface area (Å²) in [6.07, 6.45) is 7.00. The second-order valence-electron chi connectivity index (χ2n) is 6.21. The number of rotatable bonds is 5. The van der Waals surface area contributed by atoms with Gasteiger partial charge in [0.25, 0.3) is 5.91 Å². The van der Waals surface area contributed by atoms with Crippen LogP contribution in [0.5, 0.6) is 5.75 Å². The second-order valence-corrected chi connectivity index (χ2v) is 6.21. The van der Waals surface area contributed by atoms with E-state index in [0.29, 0.717) is 11.7 Å².